The Balaban J connectivity index is 1.65. The molecule has 6 nitrogen and oxygen atoms in total. The van der Waals surface area contributed by atoms with Crippen LogP contribution in [-0.2, 0) is 14.1 Å². The first-order chi connectivity index (χ1) is 11.5. The van der Waals surface area contributed by atoms with Gasteiger partial charge in [0, 0.05) is 14.1 Å². The zero-order chi connectivity index (χ0) is 16.8. The van der Waals surface area contributed by atoms with Gasteiger partial charge in [0.05, 0.1) is 22.1 Å². The number of nitrogens with one attached hydrogen (secondary N) is 2. The van der Waals surface area contributed by atoms with E-state index >= 15 is 0 Å². The molecule has 0 atom stereocenters. The van der Waals surface area contributed by atoms with Crippen molar-refractivity contribution in [3.63, 3.8) is 0 Å². The minimum atomic E-state index is 0.749. The second-order valence-corrected chi connectivity index (χ2v) is 6.22. The van der Waals surface area contributed by atoms with Gasteiger partial charge < -0.3 is 9.13 Å². The molecule has 4 rings (SSSR count). The lowest BCUT2D eigenvalue weighted by Crippen LogP contribution is -2.15. The first-order valence-corrected chi connectivity index (χ1v) is 7.91. The highest BCUT2D eigenvalue weighted by Crippen LogP contribution is 2.21. The minimum Gasteiger partial charge on any atom is -0.312 e. The summed E-state index contributed by atoms with van der Waals surface area (Å²) in [6, 6.07) is 12.5. The Morgan fingerprint density at radius 1 is 0.708 bits per heavy atom. The van der Waals surface area contributed by atoms with Gasteiger partial charge in [0.2, 0.25) is 11.9 Å². The Bertz CT molecular complexity index is 970. The topological polar surface area (TPSA) is 59.7 Å². The number of anilines is 2. The van der Waals surface area contributed by atoms with Crippen molar-refractivity contribution in [2.45, 2.75) is 13.8 Å². The van der Waals surface area contributed by atoms with Crippen molar-refractivity contribution in [1.82, 2.24) is 19.1 Å². The molecule has 0 radical (unpaired) electrons. The Morgan fingerprint density at radius 2 is 1.12 bits per heavy atom. The summed E-state index contributed by atoms with van der Waals surface area (Å²) in [5.41, 5.74) is 12.9. The van der Waals surface area contributed by atoms with E-state index in [4.69, 9.17) is 0 Å². The predicted molar refractivity (Wildman–Crippen MR) is 98.1 cm³/mol. The van der Waals surface area contributed by atoms with E-state index in [0.717, 1.165) is 34.0 Å². The van der Waals surface area contributed by atoms with Crippen LogP contribution in [0.15, 0.2) is 36.4 Å². The zero-order valence-corrected chi connectivity index (χ0v) is 14.3. The third-order valence-electron chi connectivity index (χ3n) is 4.36. The fourth-order valence-electron chi connectivity index (χ4n) is 2.94. The molecule has 0 spiro atoms. The van der Waals surface area contributed by atoms with Gasteiger partial charge in [-0.1, -0.05) is 12.1 Å². The highest BCUT2D eigenvalue weighted by atomic mass is 15.5. The summed E-state index contributed by atoms with van der Waals surface area (Å²) in [5.74, 6) is 1.50. The maximum absolute atomic E-state index is 4.62. The normalized spacial score (nSPS) is 11.3. The number of hydrogen-bond donors (Lipinski definition) is 2. The molecule has 2 N–H and O–H groups in total. The molecule has 0 unspecified atom stereocenters. The number of fused-ring (bicyclic) bond motifs is 2. The number of hydrazine groups is 1. The van der Waals surface area contributed by atoms with E-state index < -0.39 is 0 Å². The molecule has 4 aromatic rings. The molecular weight excluding hydrogens is 300 g/mol. The summed E-state index contributed by atoms with van der Waals surface area (Å²) in [5, 5.41) is 0. The van der Waals surface area contributed by atoms with Crippen LogP contribution < -0.4 is 10.9 Å². The zero-order valence-electron chi connectivity index (χ0n) is 14.3. The van der Waals surface area contributed by atoms with Crippen LogP contribution in [0.2, 0.25) is 0 Å². The van der Waals surface area contributed by atoms with Gasteiger partial charge in [0.1, 0.15) is 0 Å². The van der Waals surface area contributed by atoms with Crippen LogP contribution in [0.3, 0.4) is 0 Å². The van der Waals surface area contributed by atoms with Crippen molar-refractivity contribution in [2.75, 3.05) is 10.9 Å². The lowest BCUT2D eigenvalue weighted by molar-refractivity contribution is 0.923. The number of aryl methyl sites for hydroxylation is 4. The fraction of sp³-hybridized carbons (Fsp3) is 0.222. The fourth-order valence-corrected chi connectivity index (χ4v) is 2.94. The third kappa shape index (κ3) is 2.27. The van der Waals surface area contributed by atoms with Crippen molar-refractivity contribution < 1.29 is 0 Å². The molecule has 0 aliphatic rings. The van der Waals surface area contributed by atoms with Crippen LogP contribution in [0.5, 0.6) is 0 Å². The SMILES string of the molecule is Cc1ccc2nc(NNc3nc4ccc(C)cc4n3C)n(C)c2c1. The van der Waals surface area contributed by atoms with Crippen molar-refractivity contribution in [1.29, 1.82) is 0 Å². The van der Waals surface area contributed by atoms with Gasteiger partial charge in [0.25, 0.3) is 0 Å². The second-order valence-electron chi connectivity index (χ2n) is 6.22. The summed E-state index contributed by atoms with van der Waals surface area (Å²) in [4.78, 5) is 9.24. The van der Waals surface area contributed by atoms with Crippen LogP contribution >= 0.6 is 0 Å². The van der Waals surface area contributed by atoms with Crippen molar-refractivity contribution in [3.8, 4) is 0 Å². The second kappa shape index (κ2) is 5.26. The van der Waals surface area contributed by atoms with Gasteiger partial charge in [-0.2, -0.15) is 0 Å². The molecule has 2 aromatic carbocycles. The number of imidazole rings is 2. The minimum absolute atomic E-state index is 0.749. The van der Waals surface area contributed by atoms with Gasteiger partial charge in [-0.05, 0) is 49.2 Å². The highest BCUT2D eigenvalue weighted by Gasteiger charge is 2.10. The van der Waals surface area contributed by atoms with Gasteiger partial charge in [-0.25, -0.2) is 9.97 Å². The third-order valence-corrected chi connectivity index (χ3v) is 4.36. The van der Waals surface area contributed by atoms with E-state index in [1.54, 1.807) is 0 Å². The Hall–Kier alpha value is -3.02. The Kier molecular flexibility index (Phi) is 3.19. The predicted octanol–water partition coefficient (Wildman–Crippen LogP) is 3.52. The molecule has 2 heterocycles. The molecule has 0 saturated heterocycles. The largest absolute Gasteiger partial charge is 0.312 e. The molecule has 0 aliphatic heterocycles. The summed E-state index contributed by atoms with van der Waals surface area (Å²) in [7, 11) is 3.99. The van der Waals surface area contributed by atoms with Crippen LogP contribution in [0.25, 0.3) is 22.1 Å². The average Bonchev–Trinajstić information content (AvgIpc) is 3.04. The quantitative estimate of drug-likeness (QED) is 0.567. The first kappa shape index (κ1) is 14.6. The summed E-state index contributed by atoms with van der Waals surface area (Å²) >= 11 is 0. The number of nitrogens with zero attached hydrogens (tertiary/aromatic N) is 4. The van der Waals surface area contributed by atoms with Crippen LogP contribution in [-0.4, -0.2) is 19.1 Å². The Labute approximate surface area is 140 Å². The summed E-state index contributed by atoms with van der Waals surface area (Å²) in [6.07, 6.45) is 0. The number of rotatable bonds is 3. The van der Waals surface area contributed by atoms with Gasteiger partial charge in [0.15, 0.2) is 0 Å². The van der Waals surface area contributed by atoms with E-state index in [9.17, 15) is 0 Å². The van der Waals surface area contributed by atoms with Gasteiger partial charge >= 0.3 is 0 Å². The lowest BCUT2D eigenvalue weighted by Gasteiger charge is -2.09. The van der Waals surface area contributed by atoms with E-state index in [2.05, 4.69) is 58.9 Å². The molecule has 0 amide bonds. The number of benzene rings is 2. The van der Waals surface area contributed by atoms with Crippen molar-refractivity contribution in [3.05, 3.63) is 47.5 Å². The maximum atomic E-state index is 4.62. The van der Waals surface area contributed by atoms with Crippen molar-refractivity contribution in [2.24, 2.45) is 14.1 Å². The molecule has 0 fully saturated rings. The van der Waals surface area contributed by atoms with Crippen LogP contribution in [0, 0.1) is 13.8 Å². The smallest absolute Gasteiger partial charge is 0.222 e. The van der Waals surface area contributed by atoms with E-state index in [1.807, 2.05) is 35.4 Å². The molecule has 122 valence electrons. The molecule has 6 heteroatoms. The molecule has 0 aliphatic carbocycles. The Morgan fingerprint density at radius 3 is 1.54 bits per heavy atom. The summed E-state index contributed by atoms with van der Waals surface area (Å²) < 4.78 is 4.06. The van der Waals surface area contributed by atoms with Gasteiger partial charge in [-0.15, -0.1) is 0 Å². The summed E-state index contributed by atoms with van der Waals surface area (Å²) in [6.45, 7) is 4.17. The van der Waals surface area contributed by atoms with E-state index in [1.165, 1.54) is 11.1 Å². The van der Waals surface area contributed by atoms with Crippen LogP contribution in [0.4, 0.5) is 11.9 Å². The van der Waals surface area contributed by atoms with Gasteiger partial charge in [-0.3, -0.25) is 10.9 Å². The highest BCUT2D eigenvalue weighted by molar-refractivity contribution is 5.81. The lowest BCUT2D eigenvalue weighted by atomic mass is 10.2. The molecular formula is C18H20N6. The molecule has 24 heavy (non-hydrogen) atoms. The van der Waals surface area contributed by atoms with Crippen molar-refractivity contribution >= 4 is 34.0 Å². The maximum Gasteiger partial charge on any atom is 0.222 e. The average molecular weight is 320 g/mol. The number of aromatic nitrogens is 4. The monoisotopic (exact) mass is 320 g/mol. The molecule has 0 saturated carbocycles. The standard InChI is InChI=1S/C18H20N6/c1-11-5-7-13-15(9-11)23(3)17(19-13)21-22-18-20-14-8-6-12(2)10-16(14)24(18)4/h5-10H,1-4H3,(H,19,21)(H,20,22). The molecule has 2 aromatic heterocycles. The van der Waals surface area contributed by atoms with Crippen LogP contribution in [0.1, 0.15) is 11.1 Å². The first-order valence-electron chi connectivity index (χ1n) is 7.91. The van der Waals surface area contributed by atoms with E-state index in [-0.39, 0.29) is 0 Å². The van der Waals surface area contributed by atoms with E-state index in [0.29, 0.717) is 0 Å². The number of hydrogen-bond acceptors (Lipinski definition) is 4. The molecule has 0 bridgehead atoms.